The first-order valence-corrected chi connectivity index (χ1v) is 8.67. The van der Waals surface area contributed by atoms with E-state index in [9.17, 15) is 4.79 Å². The summed E-state index contributed by atoms with van der Waals surface area (Å²) in [5.41, 5.74) is 2.91. The molecule has 27 heavy (non-hydrogen) atoms. The molecule has 0 saturated heterocycles. The molecule has 0 fully saturated rings. The van der Waals surface area contributed by atoms with Crippen molar-refractivity contribution in [2.24, 2.45) is 0 Å². The lowest BCUT2D eigenvalue weighted by Gasteiger charge is -2.07. The number of benzene rings is 2. The number of rotatable bonds is 7. The van der Waals surface area contributed by atoms with Crippen LogP contribution in [0.1, 0.15) is 28.0 Å². The predicted molar refractivity (Wildman–Crippen MR) is 104 cm³/mol. The highest BCUT2D eigenvalue weighted by Gasteiger charge is 2.07. The van der Waals surface area contributed by atoms with Crippen LogP contribution in [0.4, 0.5) is 11.5 Å². The SMILES string of the molecule is N#Cc1ccc(Nc2ccc(C(=O)NCCCc3ccccc3)nn2)cc1. The summed E-state index contributed by atoms with van der Waals surface area (Å²) in [6.07, 6.45) is 1.78. The van der Waals surface area contributed by atoms with Crippen LogP contribution in [-0.2, 0) is 6.42 Å². The van der Waals surface area contributed by atoms with Crippen LogP contribution in [0.2, 0.25) is 0 Å². The molecule has 3 aromatic rings. The van der Waals surface area contributed by atoms with Gasteiger partial charge in [-0.15, -0.1) is 10.2 Å². The van der Waals surface area contributed by atoms with Crippen LogP contribution < -0.4 is 10.6 Å². The maximum atomic E-state index is 12.1. The number of anilines is 2. The molecule has 1 amide bonds. The van der Waals surface area contributed by atoms with Gasteiger partial charge in [0.25, 0.3) is 5.91 Å². The molecule has 0 aliphatic heterocycles. The number of hydrogen-bond donors (Lipinski definition) is 2. The topological polar surface area (TPSA) is 90.7 Å². The molecule has 0 radical (unpaired) electrons. The zero-order valence-electron chi connectivity index (χ0n) is 14.7. The van der Waals surface area contributed by atoms with E-state index in [4.69, 9.17) is 5.26 Å². The van der Waals surface area contributed by atoms with Crippen molar-refractivity contribution in [3.8, 4) is 6.07 Å². The maximum absolute atomic E-state index is 12.1. The second-order valence-corrected chi connectivity index (χ2v) is 5.96. The number of hydrogen-bond acceptors (Lipinski definition) is 5. The Kier molecular flexibility index (Phi) is 6.10. The maximum Gasteiger partial charge on any atom is 0.271 e. The van der Waals surface area contributed by atoms with Crippen LogP contribution in [0.5, 0.6) is 0 Å². The number of amides is 1. The van der Waals surface area contributed by atoms with Crippen LogP contribution in [0.25, 0.3) is 0 Å². The third-order valence-electron chi connectivity index (χ3n) is 3.95. The van der Waals surface area contributed by atoms with E-state index in [2.05, 4.69) is 39.0 Å². The van der Waals surface area contributed by atoms with Gasteiger partial charge in [0.2, 0.25) is 0 Å². The largest absolute Gasteiger partial charge is 0.351 e. The highest BCUT2D eigenvalue weighted by molar-refractivity contribution is 5.92. The van der Waals surface area contributed by atoms with Crippen molar-refractivity contribution in [3.63, 3.8) is 0 Å². The third-order valence-corrected chi connectivity index (χ3v) is 3.95. The van der Waals surface area contributed by atoms with E-state index in [0.29, 0.717) is 17.9 Å². The summed E-state index contributed by atoms with van der Waals surface area (Å²) < 4.78 is 0. The summed E-state index contributed by atoms with van der Waals surface area (Å²) in [6.45, 7) is 0.584. The number of aromatic nitrogens is 2. The fourth-order valence-electron chi connectivity index (χ4n) is 2.53. The Balaban J connectivity index is 1.47. The van der Waals surface area contributed by atoms with E-state index < -0.39 is 0 Å². The molecule has 0 aliphatic carbocycles. The molecule has 0 spiro atoms. The van der Waals surface area contributed by atoms with Gasteiger partial charge in [-0.3, -0.25) is 4.79 Å². The zero-order chi connectivity index (χ0) is 18.9. The Morgan fingerprint density at radius 1 is 0.963 bits per heavy atom. The molecule has 1 aromatic heterocycles. The molecule has 0 unspecified atom stereocenters. The van der Waals surface area contributed by atoms with Gasteiger partial charge >= 0.3 is 0 Å². The molecule has 0 saturated carbocycles. The lowest BCUT2D eigenvalue weighted by atomic mass is 10.1. The Hall–Kier alpha value is -3.72. The molecule has 0 aliphatic rings. The van der Waals surface area contributed by atoms with Crippen LogP contribution >= 0.6 is 0 Å². The van der Waals surface area contributed by atoms with Crippen molar-refractivity contribution < 1.29 is 4.79 Å². The standard InChI is InChI=1S/C21H19N5O/c22-15-17-8-10-18(11-9-17)24-20-13-12-19(25-26-20)21(27)23-14-4-7-16-5-2-1-3-6-16/h1-3,5-6,8-13H,4,7,14H2,(H,23,27)(H,24,26). The van der Waals surface area contributed by atoms with Gasteiger partial charge in [-0.1, -0.05) is 30.3 Å². The third kappa shape index (κ3) is 5.38. The lowest BCUT2D eigenvalue weighted by Crippen LogP contribution is -2.26. The normalized spacial score (nSPS) is 10.0. The van der Waals surface area contributed by atoms with E-state index in [1.807, 2.05) is 18.2 Å². The minimum Gasteiger partial charge on any atom is -0.351 e. The number of nitrogens with one attached hydrogen (secondary N) is 2. The average Bonchev–Trinajstić information content (AvgIpc) is 2.73. The molecule has 2 N–H and O–H groups in total. The summed E-state index contributed by atoms with van der Waals surface area (Å²) in [6, 6.07) is 22.6. The average molecular weight is 357 g/mol. The molecule has 2 aromatic carbocycles. The van der Waals surface area contributed by atoms with Crippen LogP contribution in [-0.4, -0.2) is 22.6 Å². The Labute approximate surface area is 157 Å². The van der Waals surface area contributed by atoms with Gasteiger partial charge in [-0.2, -0.15) is 5.26 Å². The van der Waals surface area contributed by atoms with E-state index in [1.165, 1.54) is 5.56 Å². The summed E-state index contributed by atoms with van der Waals surface area (Å²) in [4.78, 5) is 12.1. The van der Waals surface area contributed by atoms with Gasteiger partial charge in [-0.25, -0.2) is 0 Å². The van der Waals surface area contributed by atoms with Gasteiger partial charge in [0.15, 0.2) is 11.5 Å². The predicted octanol–water partition coefficient (Wildman–Crippen LogP) is 3.45. The molecule has 0 bridgehead atoms. The molecule has 6 heteroatoms. The van der Waals surface area contributed by atoms with Gasteiger partial charge < -0.3 is 10.6 Å². The fraction of sp³-hybridized carbons (Fsp3) is 0.143. The molecule has 1 heterocycles. The Bertz CT molecular complexity index is 916. The van der Waals surface area contributed by atoms with Gasteiger partial charge in [0, 0.05) is 12.2 Å². The number of aryl methyl sites for hydroxylation is 1. The van der Waals surface area contributed by atoms with Crippen LogP contribution in [0, 0.1) is 11.3 Å². The van der Waals surface area contributed by atoms with Crippen molar-refractivity contribution in [2.75, 3.05) is 11.9 Å². The number of carbonyl (C=O) groups is 1. The van der Waals surface area contributed by atoms with Crippen molar-refractivity contribution in [1.82, 2.24) is 15.5 Å². The minimum absolute atomic E-state index is 0.236. The van der Waals surface area contributed by atoms with Gasteiger partial charge in [-0.05, 0) is 54.8 Å². The monoisotopic (exact) mass is 357 g/mol. The molecule has 3 rings (SSSR count). The van der Waals surface area contributed by atoms with Crippen molar-refractivity contribution in [1.29, 1.82) is 5.26 Å². The molecule has 6 nitrogen and oxygen atoms in total. The first-order chi connectivity index (χ1) is 13.2. The molecular formula is C21H19N5O. The molecular weight excluding hydrogens is 338 g/mol. The van der Waals surface area contributed by atoms with Crippen molar-refractivity contribution in [2.45, 2.75) is 12.8 Å². The zero-order valence-corrected chi connectivity index (χ0v) is 14.7. The van der Waals surface area contributed by atoms with E-state index in [-0.39, 0.29) is 11.6 Å². The van der Waals surface area contributed by atoms with E-state index in [1.54, 1.807) is 36.4 Å². The Morgan fingerprint density at radius 3 is 2.41 bits per heavy atom. The number of carbonyl (C=O) groups excluding carboxylic acids is 1. The second-order valence-electron chi connectivity index (χ2n) is 5.96. The van der Waals surface area contributed by atoms with Crippen molar-refractivity contribution in [3.05, 3.63) is 83.6 Å². The number of nitrogens with zero attached hydrogens (tertiary/aromatic N) is 3. The van der Waals surface area contributed by atoms with Crippen LogP contribution in [0.3, 0.4) is 0 Å². The van der Waals surface area contributed by atoms with Gasteiger partial charge in [0.05, 0.1) is 11.6 Å². The highest BCUT2D eigenvalue weighted by Crippen LogP contribution is 2.14. The van der Waals surface area contributed by atoms with E-state index in [0.717, 1.165) is 18.5 Å². The fourth-order valence-corrected chi connectivity index (χ4v) is 2.53. The quantitative estimate of drug-likeness (QED) is 0.632. The Morgan fingerprint density at radius 2 is 1.74 bits per heavy atom. The summed E-state index contributed by atoms with van der Waals surface area (Å²) >= 11 is 0. The van der Waals surface area contributed by atoms with E-state index >= 15 is 0 Å². The second kappa shape index (κ2) is 9.11. The lowest BCUT2D eigenvalue weighted by molar-refractivity contribution is 0.0947. The molecule has 134 valence electrons. The summed E-state index contributed by atoms with van der Waals surface area (Å²) in [5.74, 6) is 0.292. The minimum atomic E-state index is -0.236. The van der Waals surface area contributed by atoms with Gasteiger partial charge in [0.1, 0.15) is 0 Å². The highest BCUT2D eigenvalue weighted by atomic mass is 16.1. The smallest absolute Gasteiger partial charge is 0.271 e. The van der Waals surface area contributed by atoms with Crippen molar-refractivity contribution >= 4 is 17.4 Å². The number of nitriles is 1. The first-order valence-electron chi connectivity index (χ1n) is 8.67. The summed E-state index contributed by atoms with van der Waals surface area (Å²) in [5, 5.41) is 22.7. The molecule has 0 atom stereocenters. The summed E-state index contributed by atoms with van der Waals surface area (Å²) in [7, 11) is 0. The first kappa shape index (κ1) is 18.1. The van der Waals surface area contributed by atoms with Crippen LogP contribution in [0.15, 0.2) is 66.7 Å².